The second kappa shape index (κ2) is 8.83. The number of hydrogen-bond donors (Lipinski definition) is 4. The molecule has 1 fully saturated rings. The van der Waals surface area contributed by atoms with Crippen molar-refractivity contribution in [2.45, 2.75) is 50.9 Å². The Balaban J connectivity index is 1.75. The fourth-order valence-corrected chi connectivity index (χ4v) is 3.23. The minimum absolute atomic E-state index is 0.00818. The first-order valence-corrected chi connectivity index (χ1v) is 9.35. The van der Waals surface area contributed by atoms with Gasteiger partial charge in [-0.25, -0.2) is 0 Å². The zero-order valence-corrected chi connectivity index (χ0v) is 15.9. The van der Waals surface area contributed by atoms with E-state index >= 15 is 0 Å². The molecular formula is C19H25N5O4. The van der Waals surface area contributed by atoms with Crippen molar-refractivity contribution in [3.63, 3.8) is 0 Å². The number of H-pyrrole nitrogens is 1. The molecule has 1 saturated carbocycles. The molecule has 2 amide bonds. The molecule has 9 heteroatoms. The van der Waals surface area contributed by atoms with Crippen molar-refractivity contribution in [3.8, 4) is 5.75 Å². The number of carbonyl (C=O) groups is 2. The van der Waals surface area contributed by atoms with Crippen LogP contribution in [0.1, 0.15) is 65.3 Å². The maximum atomic E-state index is 12.6. The molecule has 1 aliphatic carbocycles. The molecule has 4 N–H and O–H groups in total. The second-order valence-corrected chi connectivity index (χ2v) is 6.92. The molecule has 2 heterocycles. The zero-order chi connectivity index (χ0) is 20.1. The average Bonchev–Trinajstić information content (AvgIpc) is 3.13. The lowest BCUT2D eigenvalue weighted by Gasteiger charge is -2.25. The first-order chi connectivity index (χ1) is 13.5. The first-order valence-electron chi connectivity index (χ1n) is 9.35. The van der Waals surface area contributed by atoms with Gasteiger partial charge in [0.1, 0.15) is 17.5 Å². The average molecular weight is 387 g/mol. The molecule has 28 heavy (non-hydrogen) atoms. The van der Waals surface area contributed by atoms with Crippen molar-refractivity contribution < 1.29 is 19.4 Å². The highest BCUT2D eigenvalue weighted by atomic mass is 16.5. The molecule has 0 spiro atoms. The largest absolute Gasteiger partial charge is 0.483 e. The van der Waals surface area contributed by atoms with Crippen molar-refractivity contribution in [1.29, 1.82) is 0 Å². The third-order valence-electron chi connectivity index (χ3n) is 4.89. The van der Waals surface area contributed by atoms with E-state index in [1.807, 2.05) is 6.92 Å². The predicted octanol–water partition coefficient (Wildman–Crippen LogP) is 1.34. The van der Waals surface area contributed by atoms with Gasteiger partial charge in [0.05, 0.1) is 12.3 Å². The number of carbonyl (C=O) groups excluding carboxylic acids is 2. The van der Waals surface area contributed by atoms with E-state index < -0.39 is 0 Å². The number of aromatic amines is 1. The minimum Gasteiger partial charge on any atom is -0.483 e. The van der Waals surface area contributed by atoms with Gasteiger partial charge in [-0.15, -0.1) is 0 Å². The van der Waals surface area contributed by atoms with E-state index in [0.717, 1.165) is 18.4 Å². The van der Waals surface area contributed by atoms with Crippen LogP contribution in [0.5, 0.6) is 5.75 Å². The Morgan fingerprint density at radius 3 is 2.64 bits per heavy atom. The normalized spacial score (nSPS) is 20.2. The number of ether oxygens (including phenoxy) is 1. The van der Waals surface area contributed by atoms with Gasteiger partial charge in [0.2, 0.25) is 0 Å². The van der Waals surface area contributed by atoms with Crippen LogP contribution in [0.4, 0.5) is 0 Å². The van der Waals surface area contributed by atoms with E-state index in [4.69, 9.17) is 4.74 Å². The van der Waals surface area contributed by atoms with Crippen LogP contribution in [0.15, 0.2) is 24.5 Å². The summed E-state index contributed by atoms with van der Waals surface area (Å²) >= 11 is 0. The topological polar surface area (TPSA) is 129 Å². The van der Waals surface area contributed by atoms with Gasteiger partial charge in [-0.2, -0.15) is 10.2 Å². The monoisotopic (exact) mass is 387 g/mol. The zero-order valence-electron chi connectivity index (χ0n) is 15.9. The highest BCUT2D eigenvalue weighted by Crippen LogP contribution is 2.27. The standard InChI is InChI=1S/C19H25N5O4/c1-11(12-7-8-21-22-10-12)28-16-9-15(24-17(16)19(27)20-2)18(26)23-13-3-5-14(25)6-4-13/h7-11,13-14,24-25H,3-6H2,1-2H3,(H,20,27)(H,23,26)/t11-,13?,14?/m0/s1. The molecule has 1 aliphatic rings. The number of aliphatic hydroxyl groups is 1. The van der Waals surface area contributed by atoms with Crippen LogP contribution in [-0.4, -0.2) is 51.3 Å². The van der Waals surface area contributed by atoms with Gasteiger partial charge in [0, 0.05) is 30.9 Å². The van der Waals surface area contributed by atoms with E-state index in [1.165, 1.54) is 13.1 Å². The molecule has 0 aliphatic heterocycles. The summed E-state index contributed by atoms with van der Waals surface area (Å²) in [5, 5.41) is 22.7. The van der Waals surface area contributed by atoms with Gasteiger partial charge < -0.3 is 25.5 Å². The molecule has 3 rings (SSSR count). The number of nitrogens with zero attached hydrogens (tertiary/aromatic N) is 2. The summed E-state index contributed by atoms with van der Waals surface area (Å²) in [6, 6.07) is 3.31. The summed E-state index contributed by atoms with van der Waals surface area (Å²) in [7, 11) is 1.51. The lowest BCUT2D eigenvalue weighted by atomic mass is 9.93. The molecule has 2 aromatic heterocycles. The van der Waals surface area contributed by atoms with Crippen LogP contribution < -0.4 is 15.4 Å². The number of rotatable bonds is 6. The smallest absolute Gasteiger partial charge is 0.271 e. The van der Waals surface area contributed by atoms with Gasteiger partial charge in [0.15, 0.2) is 5.75 Å². The van der Waals surface area contributed by atoms with Crippen LogP contribution in [0, 0.1) is 0 Å². The van der Waals surface area contributed by atoms with Gasteiger partial charge in [-0.3, -0.25) is 9.59 Å². The molecular weight excluding hydrogens is 362 g/mol. The summed E-state index contributed by atoms with van der Waals surface area (Å²) in [4.78, 5) is 27.7. The van der Waals surface area contributed by atoms with Crippen LogP contribution in [-0.2, 0) is 0 Å². The second-order valence-electron chi connectivity index (χ2n) is 6.92. The van der Waals surface area contributed by atoms with Crippen LogP contribution in [0.25, 0.3) is 0 Å². The van der Waals surface area contributed by atoms with Gasteiger partial charge in [0.25, 0.3) is 11.8 Å². The van der Waals surface area contributed by atoms with Crippen LogP contribution in [0.3, 0.4) is 0 Å². The Labute approximate surface area is 162 Å². The molecule has 0 radical (unpaired) electrons. The molecule has 2 aromatic rings. The predicted molar refractivity (Wildman–Crippen MR) is 101 cm³/mol. The highest BCUT2D eigenvalue weighted by Gasteiger charge is 2.25. The Hall–Kier alpha value is -2.94. The number of aliphatic hydroxyl groups excluding tert-OH is 1. The van der Waals surface area contributed by atoms with E-state index in [1.54, 1.807) is 18.5 Å². The lowest BCUT2D eigenvalue weighted by Crippen LogP contribution is -2.38. The lowest BCUT2D eigenvalue weighted by molar-refractivity contribution is 0.0863. The van der Waals surface area contributed by atoms with Crippen LogP contribution in [0.2, 0.25) is 0 Å². The van der Waals surface area contributed by atoms with E-state index in [-0.39, 0.29) is 47.2 Å². The summed E-state index contributed by atoms with van der Waals surface area (Å²) in [6.45, 7) is 1.82. The summed E-state index contributed by atoms with van der Waals surface area (Å²) in [5.74, 6) is -0.401. The van der Waals surface area contributed by atoms with Crippen molar-refractivity contribution in [3.05, 3.63) is 41.5 Å². The van der Waals surface area contributed by atoms with Crippen molar-refractivity contribution in [2.75, 3.05) is 7.05 Å². The molecule has 0 unspecified atom stereocenters. The Morgan fingerprint density at radius 2 is 2.00 bits per heavy atom. The fraction of sp³-hybridized carbons (Fsp3) is 0.474. The highest BCUT2D eigenvalue weighted by molar-refractivity contribution is 5.99. The maximum Gasteiger partial charge on any atom is 0.271 e. The molecule has 0 bridgehead atoms. The first kappa shape index (κ1) is 19.8. The summed E-state index contributed by atoms with van der Waals surface area (Å²) in [5.41, 5.74) is 1.23. The number of hydrogen-bond acceptors (Lipinski definition) is 6. The fourth-order valence-electron chi connectivity index (χ4n) is 3.23. The molecule has 0 aromatic carbocycles. The van der Waals surface area contributed by atoms with Crippen molar-refractivity contribution in [2.24, 2.45) is 0 Å². The molecule has 1 atom stereocenters. The summed E-state index contributed by atoms with van der Waals surface area (Å²) in [6.07, 6.45) is 5.27. The van der Waals surface area contributed by atoms with Crippen molar-refractivity contribution >= 4 is 11.8 Å². The van der Waals surface area contributed by atoms with Gasteiger partial charge >= 0.3 is 0 Å². The third kappa shape index (κ3) is 4.66. The Kier molecular flexibility index (Phi) is 6.25. The molecule has 9 nitrogen and oxygen atoms in total. The SMILES string of the molecule is CNC(=O)c1[nH]c(C(=O)NC2CCC(O)CC2)cc1O[C@@H](C)c1ccnnc1. The van der Waals surface area contributed by atoms with E-state index in [2.05, 4.69) is 25.8 Å². The van der Waals surface area contributed by atoms with E-state index in [0.29, 0.717) is 12.8 Å². The third-order valence-corrected chi connectivity index (χ3v) is 4.89. The molecule has 0 saturated heterocycles. The quantitative estimate of drug-likeness (QED) is 0.592. The molecule has 150 valence electrons. The number of amides is 2. The van der Waals surface area contributed by atoms with E-state index in [9.17, 15) is 14.7 Å². The van der Waals surface area contributed by atoms with Crippen LogP contribution >= 0.6 is 0 Å². The summed E-state index contributed by atoms with van der Waals surface area (Å²) < 4.78 is 5.92. The van der Waals surface area contributed by atoms with Gasteiger partial charge in [-0.05, 0) is 38.7 Å². The Morgan fingerprint density at radius 1 is 1.25 bits per heavy atom. The van der Waals surface area contributed by atoms with Gasteiger partial charge in [-0.1, -0.05) is 0 Å². The number of nitrogens with one attached hydrogen (secondary N) is 3. The maximum absolute atomic E-state index is 12.6. The number of aromatic nitrogens is 3. The Bertz CT molecular complexity index is 815. The van der Waals surface area contributed by atoms with Crippen molar-refractivity contribution in [1.82, 2.24) is 25.8 Å². The minimum atomic E-state index is -0.384.